The van der Waals surface area contributed by atoms with Gasteiger partial charge in [-0.15, -0.1) is 0 Å². The van der Waals surface area contributed by atoms with Crippen LogP contribution in [0.15, 0.2) is 54.6 Å². The fourth-order valence-electron chi connectivity index (χ4n) is 6.09. The van der Waals surface area contributed by atoms with E-state index in [0.717, 1.165) is 63.7 Å². The van der Waals surface area contributed by atoms with Crippen molar-refractivity contribution in [2.24, 2.45) is 10.8 Å². The normalized spacial score (nSPS) is 25.1. The molecule has 1 heterocycles. The molecule has 3 aliphatic rings. The lowest BCUT2D eigenvalue weighted by Gasteiger charge is -2.47. The molecular formula is C29H35N3O2. The number of nitriles is 1. The fraction of sp³-hybridized carbons (Fsp3) is 0.517. The van der Waals surface area contributed by atoms with Crippen LogP contribution in [0.3, 0.4) is 0 Å². The van der Waals surface area contributed by atoms with Gasteiger partial charge in [-0.1, -0.05) is 48.9 Å². The number of nitrogens with zero attached hydrogens (tertiary/aromatic N) is 2. The lowest BCUT2D eigenvalue weighted by atomic mass is 9.67. The van der Waals surface area contributed by atoms with Gasteiger partial charge in [0.1, 0.15) is 0 Å². The number of benzene rings is 2. The van der Waals surface area contributed by atoms with Crippen molar-refractivity contribution in [3.8, 4) is 6.07 Å². The first-order valence-electron chi connectivity index (χ1n) is 12.7. The predicted molar refractivity (Wildman–Crippen MR) is 132 cm³/mol. The van der Waals surface area contributed by atoms with Crippen molar-refractivity contribution in [1.29, 1.82) is 5.26 Å². The number of rotatable bonds is 9. The molecule has 0 amide bonds. The third-order valence-electron chi connectivity index (χ3n) is 8.60. The Labute approximate surface area is 202 Å². The maximum Gasteiger partial charge on any atom is 0.310 e. The summed E-state index contributed by atoms with van der Waals surface area (Å²) in [6.07, 6.45) is 6.91. The first kappa shape index (κ1) is 23.1. The summed E-state index contributed by atoms with van der Waals surface area (Å²) in [5.41, 5.74) is 2.98. The highest BCUT2D eigenvalue weighted by atomic mass is 16.4. The molecule has 2 aliphatic carbocycles. The minimum atomic E-state index is -0.619. The summed E-state index contributed by atoms with van der Waals surface area (Å²) in [6.45, 7) is 3.55. The van der Waals surface area contributed by atoms with Crippen molar-refractivity contribution in [3.63, 3.8) is 0 Å². The number of likely N-dealkylation sites (tertiary alicyclic amines) is 1. The average molecular weight is 458 g/mol. The van der Waals surface area contributed by atoms with Crippen LogP contribution in [0.2, 0.25) is 0 Å². The van der Waals surface area contributed by atoms with Gasteiger partial charge in [0.2, 0.25) is 0 Å². The van der Waals surface area contributed by atoms with Gasteiger partial charge in [-0.2, -0.15) is 5.26 Å². The number of carboxylic acids is 1. The topological polar surface area (TPSA) is 76.4 Å². The van der Waals surface area contributed by atoms with Gasteiger partial charge in [-0.05, 0) is 80.3 Å². The molecule has 0 aromatic heterocycles. The molecular weight excluding hydrogens is 422 g/mol. The van der Waals surface area contributed by atoms with Gasteiger partial charge in [0, 0.05) is 25.0 Å². The lowest BCUT2D eigenvalue weighted by molar-refractivity contribution is -0.156. The van der Waals surface area contributed by atoms with Crippen LogP contribution in [0.5, 0.6) is 0 Å². The van der Waals surface area contributed by atoms with Crippen molar-refractivity contribution in [1.82, 2.24) is 10.2 Å². The molecule has 1 saturated heterocycles. The van der Waals surface area contributed by atoms with Gasteiger partial charge in [-0.3, -0.25) is 4.79 Å². The van der Waals surface area contributed by atoms with E-state index in [1.165, 1.54) is 17.5 Å². The largest absolute Gasteiger partial charge is 0.481 e. The van der Waals surface area contributed by atoms with Crippen LogP contribution in [0.25, 0.3) is 0 Å². The number of carboxylic acid groups (broad SMARTS) is 1. The number of nitrogens with one attached hydrogen (secondary N) is 1. The minimum absolute atomic E-state index is 0.129. The second-order valence-electron chi connectivity index (χ2n) is 10.9. The van der Waals surface area contributed by atoms with E-state index in [2.05, 4.69) is 52.7 Å². The van der Waals surface area contributed by atoms with E-state index in [1.807, 2.05) is 18.2 Å². The Kier molecular flexibility index (Phi) is 6.46. The highest BCUT2D eigenvalue weighted by Gasteiger charge is 2.47. The summed E-state index contributed by atoms with van der Waals surface area (Å²) in [5, 5.41) is 23.0. The van der Waals surface area contributed by atoms with E-state index in [1.54, 1.807) is 0 Å². The van der Waals surface area contributed by atoms with E-state index in [4.69, 9.17) is 0 Å². The van der Waals surface area contributed by atoms with Crippen LogP contribution in [-0.4, -0.2) is 48.2 Å². The Balaban J connectivity index is 1.25. The maximum atomic E-state index is 11.9. The summed E-state index contributed by atoms with van der Waals surface area (Å²) >= 11 is 0. The Morgan fingerprint density at radius 2 is 1.85 bits per heavy atom. The molecule has 5 nitrogen and oxygen atoms in total. The van der Waals surface area contributed by atoms with Gasteiger partial charge in [0.15, 0.2) is 0 Å². The number of piperidine rings is 1. The van der Waals surface area contributed by atoms with Crippen LogP contribution in [-0.2, 0) is 11.2 Å². The van der Waals surface area contributed by atoms with Crippen molar-refractivity contribution in [2.75, 3.05) is 26.2 Å². The predicted octanol–water partition coefficient (Wildman–Crippen LogP) is 4.58. The Bertz CT molecular complexity index is 1050. The number of carbonyl (C=O) groups is 1. The molecule has 2 atom stereocenters. The zero-order valence-corrected chi connectivity index (χ0v) is 19.9. The van der Waals surface area contributed by atoms with Crippen molar-refractivity contribution < 1.29 is 9.90 Å². The number of hydrogen-bond acceptors (Lipinski definition) is 4. The molecule has 178 valence electrons. The van der Waals surface area contributed by atoms with E-state index in [0.29, 0.717) is 18.5 Å². The SMILES string of the molecule is N#Cc1cccc(CC2(CNC3CC3c3ccccc3)CCN(CC3(C(=O)O)CCC3)CC2)c1. The molecule has 34 heavy (non-hydrogen) atoms. The van der Waals surface area contributed by atoms with Crippen LogP contribution in [0, 0.1) is 22.2 Å². The quantitative estimate of drug-likeness (QED) is 0.576. The Morgan fingerprint density at radius 3 is 2.50 bits per heavy atom. The van der Waals surface area contributed by atoms with Crippen molar-refractivity contribution >= 4 is 5.97 Å². The number of aliphatic carboxylic acids is 1. The number of hydrogen-bond donors (Lipinski definition) is 2. The van der Waals surface area contributed by atoms with Crippen molar-refractivity contribution in [2.45, 2.75) is 56.9 Å². The molecule has 3 fully saturated rings. The zero-order chi connectivity index (χ0) is 23.6. The van der Waals surface area contributed by atoms with Gasteiger partial charge in [0.05, 0.1) is 17.0 Å². The zero-order valence-electron chi connectivity index (χ0n) is 19.9. The van der Waals surface area contributed by atoms with Gasteiger partial charge in [0.25, 0.3) is 0 Å². The highest BCUT2D eigenvalue weighted by molar-refractivity contribution is 5.76. The first-order valence-corrected chi connectivity index (χ1v) is 12.7. The molecule has 0 radical (unpaired) electrons. The molecule has 2 saturated carbocycles. The summed E-state index contributed by atoms with van der Waals surface area (Å²) in [7, 11) is 0. The Hall–Kier alpha value is -2.68. The van der Waals surface area contributed by atoms with E-state index < -0.39 is 11.4 Å². The Morgan fingerprint density at radius 1 is 1.09 bits per heavy atom. The van der Waals surface area contributed by atoms with E-state index in [9.17, 15) is 15.2 Å². The van der Waals surface area contributed by atoms with Crippen LogP contribution >= 0.6 is 0 Å². The summed E-state index contributed by atoms with van der Waals surface area (Å²) < 4.78 is 0. The molecule has 0 bridgehead atoms. The fourth-order valence-corrected chi connectivity index (χ4v) is 6.09. The average Bonchev–Trinajstić information content (AvgIpc) is 3.62. The molecule has 2 unspecified atom stereocenters. The summed E-state index contributed by atoms with van der Waals surface area (Å²) in [4.78, 5) is 14.3. The second kappa shape index (κ2) is 9.52. The minimum Gasteiger partial charge on any atom is -0.481 e. The van der Waals surface area contributed by atoms with E-state index >= 15 is 0 Å². The molecule has 5 heteroatoms. The molecule has 1 aliphatic heterocycles. The summed E-state index contributed by atoms with van der Waals surface area (Å²) in [6, 6.07) is 21.6. The lowest BCUT2D eigenvalue weighted by Crippen LogP contribution is -2.52. The highest BCUT2D eigenvalue weighted by Crippen LogP contribution is 2.45. The standard InChI is InChI=1S/C29H35N3O2/c30-19-23-7-4-6-22(16-23)18-28(20-31-26-17-25(26)24-8-2-1-3-9-24)12-14-32(15-13-28)21-29(27(33)34)10-5-11-29/h1-4,6-9,16,25-26,31H,5,10-15,17-18,20-21H2,(H,33,34). The monoisotopic (exact) mass is 457 g/mol. The van der Waals surface area contributed by atoms with Crippen LogP contribution < -0.4 is 5.32 Å². The second-order valence-corrected chi connectivity index (χ2v) is 10.9. The summed E-state index contributed by atoms with van der Waals surface area (Å²) in [5.74, 6) is -0.0134. The smallest absolute Gasteiger partial charge is 0.310 e. The first-order chi connectivity index (χ1) is 16.5. The van der Waals surface area contributed by atoms with Gasteiger partial charge in [-0.25, -0.2) is 0 Å². The maximum absolute atomic E-state index is 11.9. The van der Waals surface area contributed by atoms with Crippen LogP contribution in [0.4, 0.5) is 0 Å². The molecule has 2 aromatic rings. The molecule has 2 N–H and O–H groups in total. The van der Waals surface area contributed by atoms with Crippen LogP contribution in [0.1, 0.15) is 61.1 Å². The molecule has 5 rings (SSSR count). The molecule has 0 spiro atoms. The molecule has 2 aromatic carbocycles. The van der Waals surface area contributed by atoms with Crippen molar-refractivity contribution in [3.05, 3.63) is 71.3 Å². The van der Waals surface area contributed by atoms with E-state index in [-0.39, 0.29) is 5.41 Å². The third kappa shape index (κ3) is 4.89. The van der Waals surface area contributed by atoms with Gasteiger partial charge < -0.3 is 15.3 Å². The van der Waals surface area contributed by atoms with Gasteiger partial charge >= 0.3 is 5.97 Å². The third-order valence-corrected chi connectivity index (χ3v) is 8.60.